The van der Waals surface area contributed by atoms with Gasteiger partial charge in [-0.1, -0.05) is 0 Å². The molecule has 5 nitrogen and oxygen atoms in total. The molecule has 1 amide bonds. The van der Waals surface area contributed by atoms with E-state index in [0.717, 1.165) is 25.7 Å². The van der Waals surface area contributed by atoms with E-state index >= 15 is 0 Å². The van der Waals surface area contributed by atoms with E-state index in [2.05, 4.69) is 0 Å². The van der Waals surface area contributed by atoms with Crippen LogP contribution in [-0.4, -0.2) is 44.0 Å². The summed E-state index contributed by atoms with van der Waals surface area (Å²) in [4.78, 5) is 24.4. The fourth-order valence-electron chi connectivity index (χ4n) is 2.01. The van der Waals surface area contributed by atoms with Gasteiger partial charge in [-0.2, -0.15) is 0 Å². The number of nitrogens with zero attached hydrogens (tertiary/aromatic N) is 1. The number of rotatable bonds is 4. The van der Waals surface area contributed by atoms with Gasteiger partial charge in [0.15, 0.2) is 6.61 Å². The number of hydrogen-bond acceptors (Lipinski definition) is 4. The molecule has 0 aromatic carbocycles. The van der Waals surface area contributed by atoms with E-state index in [-0.39, 0.29) is 36.8 Å². The van der Waals surface area contributed by atoms with Gasteiger partial charge in [-0.3, -0.25) is 9.59 Å². The predicted molar refractivity (Wildman–Crippen MR) is 71.4 cm³/mol. The summed E-state index contributed by atoms with van der Waals surface area (Å²) in [6.45, 7) is 0.545. The molecular formula is C12H23ClN2O3. The van der Waals surface area contributed by atoms with Crippen molar-refractivity contribution in [1.29, 1.82) is 0 Å². The molecule has 0 aromatic heterocycles. The molecule has 0 aliphatic heterocycles. The number of esters is 1. The molecule has 18 heavy (non-hydrogen) atoms. The van der Waals surface area contributed by atoms with Crippen LogP contribution in [0, 0.1) is 11.8 Å². The number of carbonyl (C=O) groups excluding carboxylic acids is 2. The Morgan fingerprint density at radius 1 is 1.22 bits per heavy atom. The first-order valence-electron chi connectivity index (χ1n) is 6.11. The lowest BCUT2D eigenvalue weighted by Gasteiger charge is -2.26. The van der Waals surface area contributed by atoms with Crippen LogP contribution in [0.2, 0.25) is 0 Å². The topological polar surface area (TPSA) is 72.6 Å². The molecule has 1 rings (SSSR count). The largest absolute Gasteiger partial charge is 0.455 e. The molecule has 0 saturated heterocycles. The summed E-state index contributed by atoms with van der Waals surface area (Å²) in [7, 11) is 3.28. The SMILES string of the molecule is CN(C)C(=O)COC(=O)[C@H]1CC[C@H](CN)CC1.Cl. The van der Waals surface area contributed by atoms with Crippen LogP contribution < -0.4 is 5.73 Å². The Morgan fingerprint density at radius 2 is 1.78 bits per heavy atom. The molecule has 0 aromatic rings. The van der Waals surface area contributed by atoms with Gasteiger partial charge in [0, 0.05) is 14.1 Å². The molecule has 6 heteroatoms. The van der Waals surface area contributed by atoms with Crippen molar-refractivity contribution >= 4 is 24.3 Å². The first-order valence-corrected chi connectivity index (χ1v) is 6.11. The molecule has 1 fully saturated rings. The van der Waals surface area contributed by atoms with Crippen LogP contribution in [0.1, 0.15) is 25.7 Å². The molecule has 2 N–H and O–H groups in total. The molecule has 0 spiro atoms. The number of hydrogen-bond donors (Lipinski definition) is 1. The lowest BCUT2D eigenvalue weighted by Crippen LogP contribution is -2.31. The highest BCUT2D eigenvalue weighted by Gasteiger charge is 2.27. The third-order valence-corrected chi connectivity index (χ3v) is 3.35. The maximum Gasteiger partial charge on any atom is 0.309 e. The summed E-state index contributed by atoms with van der Waals surface area (Å²) in [6.07, 6.45) is 3.63. The standard InChI is InChI=1S/C12H22N2O3.ClH/c1-14(2)11(15)8-17-12(16)10-5-3-9(7-13)4-6-10;/h9-10H,3-8,13H2,1-2H3;1H/t9-,10-;. The second-order valence-corrected chi connectivity index (χ2v) is 4.85. The molecule has 0 unspecified atom stereocenters. The van der Waals surface area contributed by atoms with Crippen molar-refractivity contribution in [2.45, 2.75) is 25.7 Å². The van der Waals surface area contributed by atoms with Gasteiger partial charge in [0.2, 0.25) is 0 Å². The van der Waals surface area contributed by atoms with E-state index in [0.29, 0.717) is 12.5 Å². The van der Waals surface area contributed by atoms with E-state index < -0.39 is 0 Å². The summed E-state index contributed by atoms with van der Waals surface area (Å²) in [6, 6.07) is 0. The first kappa shape index (κ1) is 17.2. The lowest BCUT2D eigenvalue weighted by atomic mass is 9.82. The number of carbonyl (C=O) groups is 2. The Labute approximate surface area is 114 Å². The minimum Gasteiger partial charge on any atom is -0.455 e. The second kappa shape index (κ2) is 8.32. The average Bonchev–Trinajstić information content (AvgIpc) is 2.35. The summed E-state index contributed by atoms with van der Waals surface area (Å²) in [5, 5.41) is 0. The Bertz CT molecular complexity index is 276. The van der Waals surface area contributed by atoms with Crippen molar-refractivity contribution < 1.29 is 14.3 Å². The van der Waals surface area contributed by atoms with Crippen molar-refractivity contribution in [3.63, 3.8) is 0 Å². The van der Waals surface area contributed by atoms with Gasteiger partial charge >= 0.3 is 5.97 Å². The van der Waals surface area contributed by atoms with Gasteiger partial charge in [-0.05, 0) is 38.1 Å². The molecule has 0 heterocycles. The maximum atomic E-state index is 11.7. The number of ether oxygens (including phenoxy) is 1. The van der Waals surface area contributed by atoms with E-state index in [1.165, 1.54) is 4.90 Å². The van der Waals surface area contributed by atoms with Crippen LogP contribution >= 0.6 is 12.4 Å². The van der Waals surface area contributed by atoms with E-state index in [9.17, 15) is 9.59 Å². The minimum absolute atomic E-state index is 0. The fourth-order valence-corrected chi connectivity index (χ4v) is 2.01. The molecule has 106 valence electrons. The zero-order valence-corrected chi connectivity index (χ0v) is 11.9. The van der Waals surface area contributed by atoms with E-state index in [1.54, 1.807) is 14.1 Å². The number of amides is 1. The van der Waals surface area contributed by atoms with Crippen LogP contribution in [0.15, 0.2) is 0 Å². The highest BCUT2D eigenvalue weighted by Crippen LogP contribution is 2.28. The normalized spacial score (nSPS) is 22.8. The molecule has 0 bridgehead atoms. The van der Waals surface area contributed by atoms with Gasteiger partial charge in [-0.25, -0.2) is 0 Å². The summed E-state index contributed by atoms with van der Waals surface area (Å²) >= 11 is 0. The Kier molecular flexibility index (Phi) is 7.95. The van der Waals surface area contributed by atoms with Gasteiger partial charge in [-0.15, -0.1) is 12.4 Å². The van der Waals surface area contributed by atoms with Crippen LogP contribution in [0.4, 0.5) is 0 Å². The Morgan fingerprint density at radius 3 is 2.22 bits per heavy atom. The summed E-state index contributed by atoms with van der Waals surface area (Å²) in [5.41, 5.74) is 5.59. The van der Waals surface area contributed by atoms with Crippen LogP contribution in [0.5, 0.6) is 0 Å². The zero-order valence-electron chi connectivity index (χ0n) is 11.1. The van der Waals surface area contributed by atoms with Crippen LogP contribution in [-0.2, 0) is 14.3 Å². The monoisotopic (exact) mass is 278 g/mol. The smallest absolute Gasteiger partial charge is 0.309 e. The van der Waals surface area contributed by atoms with Gasteiger partial charge < -0.3 is 15.4 Å². The number of halogens is 1. The van der Waals surface area contributed by atoms with Crippen molar-refractivity contribution in [3.8, 4) is 0 Å². The van der Waals surface area contributed by atoms with Crippen LogP contribution in [0.25, 0.3) is 0 Å². The molecule has 1 aliphatic carbocycles. The van der Waals surface area contributed by atoms with Crippen molar-refractivity contribution in [2.75, 3.05) is 27.2 Å². The highest BCUT2D eigenvalue weighted by molar-refractivity contribution is 5.85. The molecule has 0 atom stereocenters. The van der Waals surface area contributed by atoms with Gasteiger partial charge in [0.25, 0.3) is 5.91 Å². The average molecular weight is 279 g/mol. The molecule has 1 aliphatic rings. The molecular weight excluding hydrogens is 256 g/mol. The number of nitrogens with two attached hydrogens (primary N) is 1. The third-order valence-electron chi connectivity index (χ3n) is 3.35. The van der Waals surface area contributed by atoms with Gasteiger partial charge in [0.05, 0.1) is 5.92 Å². The second-order valence-electron chi connectivity index (χ2n) is 4.85. The molecule has 1 saturated carbocycles. The van der Waals surface area contributed by atoms with E-state index in [1.807, 2.05) is 0 Å². The van der Waals surface area contributed by atoms with Gasteiger partial charge in [0.1, 0.15) is 0 Å². The maximum absolute atomic E-state index is 11.7. The highest BCUT2D eigenvalue weighted by atomic mass is 35.5. The van der Waals surface area contributed by atoms with Crippen molar-refractivity contribution in [1.82, 2.24) is 4.90 Å². The van der Waals surface area contributed by atoms with Crippen molar-refractivity contribution in [3.05, 3.63) is 0 Å². The van der Waals surface area contributed by atoms with Crippen LogP contribution in [0.3, 0.4) is 0 Å². The Hall–Kier alpha value is -0.810. The first-order chi connectivity index (χ1) is 8.04. The fraction of sp³-hybridized carbons (Fsp3) is 0.833. The quantitative estimate of drug-likeness (QED) is 0.772. The zero-order chi connectivity index (χ0) is 12.8. The lowest BCUT2D eigenvalue weighted by molar-refractivity contribution is -0.155. The minimum atomic E-state index is -0.240. The number of likely N-dealkylation sites (N-methyl/N-ethyl adjacent to an activating group) is 1. The predicted octanol–water partition coefficient (Wildman–Crippen LogP) is 0.805. The van der Waals surface area contributed by atoms with Crippen molar-refractivity contribution in [2.24, 2.45) is 17.6 Å². The summed E-state index contributed by atoms with van der Waals surface area (Å²) < 4.78 is 5.01. The summed E-state index contributed by atoms with van der Waals surface area (Å²) in [5.74, 6) is 0.0693. The molecule has 0 radical (unpaired) electrons. The Balaban J connectivity index is 0.00000289. The third kappa shape index (κ3) is 5.23. The van der Waals surface area contributed by atoms with E-state index in [4.69, 9.17) is 10.5 Å².